The highest BCUT2D eigenvalue weighted by Crippen LogP contribution is 2.25. The Morgan fingerprint density at radius 3 is 2.71 bits per heavy atom. The molecule has 0 saturated carbocycles. The molecule has 6 heteroatoms. The molecule has 1 aliphatic rings. The lowest BCUT2D eigenvalue weighted by Crippen LogP contribution is -2.47. The van der Waals surface area contributed by atoms with Gasteiger partial charge in [0.25, 0.3) is 0 Å². The molecule has 1 aromatic rings. The summed E-state index contributed by atoms with van der Waals surface area (Å²) in [7, 11) is 0. The van der Waals surface area contributed by atoms with Crippen molar-refractivity contribution in [2.75, 3.05) is 11.2 Å². The molecule has 2 heterocycles. The Morgan fingerprint density at radius 2 is 2.06 bits per heavy atom. The highest BCUT2D eigenvalue weighted by Gasteiger charge is 2.25. The number of nitrogens with one attached hydrogen (secondary N) is 1. The zero-order valence-corrected chi connectivity index (χ0v) is 10.9. The summed E-state index contributed by atoms with van der Waals surface area (Å²) in [5.41, 5.74) is 8.82. The lowest BCUT2D eigenvalue weighted by atomic mass is 10.00. The molecule has 1 fully saturated rings. The molecule has 94 valence electrons. The van der Waals surface area contributed by atoms with Gasteiger partial charge in [0, 0.05) is 12.1 Å². The van der Waals surface area contributed by atoms with Crippen molar-refractivity contribution in [1.29, 1.82) is 0 Å². The number of nitrogens with zero attached hydrogens (tertiary/aromatic N) is 3. The lowest BCUT2D eigenvalue weighted by Gasteiger charge is -2.39. The summed E-state index contributed by atoms with van der Waals surface area (Å²) in [4.78, 5) is 7.96. The van der Waals surface area contributed by atoms with Gasteiger partial charge in [-0.2, -0.15) is 4.98 Å². The molecule has 5 nitrogen and oxygen atoms in total. The summed E-state index contributed by atoms with van der Waals surface area (Å²) in [6.45, 7) is 4.39. The number of hydrogen-bond donors (Lipinski definition) is 2. The molecule has 0 amide bonds. The van der Waals surface area contributed by atoms with Crippen LogP contribution in [0.1, 0.15) is 33.1 Å². The SMILES string of the molecule is CC1CCCC(C)N1Nc1nc(N)ncc1Cl. The number of anilines is 2. The van der Waals surface area contributed by atoms with Crippen LogP contribution < -0.4 is 11.2 Å². The van der Waals surface area contributed by atoms with Crippen LogP contribution in [0.4, 0.5) is 11.8 Å². The average molecular weight is 256 g/mol. The predicted molar refractivity (Wildman–Crippen MR) is 69.7 cm³/mol. The lowest BCUT2D eigenvalue weighted by molar-refractivity contribution is 0.135. The molecular weight excluding hydrogens is 238 g/mol. The summed E-state index contributed by atoms with van der Waals surface area (Å²) in [5, 5.41) is 2.68. The third kappa shape index (κ3) is 2.79. The van der Waals surface area contributed by atoms with Crippen LogP contribution >= 0.6 is 11.6 Å². The van der Waals surface area contributed by atoms with Crippen LogP contribution in [0.5, 0.6) is 0 Å². The van der Waals surface area contributed by atoms with E-state index >= 15 is 0 Å². The highest BCUT2D eigenvalue weighted by atomic mass is 35.5. The van der Waals surface area contributed by atoms with Crippen LogP contribution in [-0.4, -0.2) is 27.1 Å². The molecule has 0 bridgehead atoms. The number of nitrogens with two attached hydrogens (primary N) is 1. The average Bonchev–Trinajstić information content (AvgIpc) is 2.28. The first kappa shape index (κ1) is 12.4. The van der Waals surface area contributed by atoms with E-state index in [0.717, 1.165) is 0 Å². The van der Waals surface area contributed by atoms with Crippen molar-refractivity contribution in [3.8, 4) is 0 Å². The molecule has 1 saturated heterocycles. The Labute approximate surface area is 106 Å². The molecule has 0 radical (unpaired) electrons. The quantitative estimate of drug-likeness (QED) is 0.849. The van der Waals surface area contributed by atoms with Gasteiger partial charge in [-0.1, -0.05) is 18.0 Å². The van der Waals surface area contributed by atoms with Crippen molar-refractivity contribution in [3.05, 3.63) is 11.2 Å². The van der Waals surface area contributed by atoms with Gasteiger partial charge >= 0.3 is 0 Å². The van der Waals surface area contributed by atoms with E-state index in [1.807, 2.05) is 0 Å². The van der Waals surface area contributed by atoms with Gasteiger partial charge in [-0.3, -0.25) is 0 Å². The monoisotopic (exact) mass is 255 g/mol. The fourth-order valence-corrected chi connectivity index (χ4v) is 2.36. The van der Waals surface area contributed by atoms with E-state index in [4.69, 9.17) is 17.3 Å². The maximum Gasteiger partial charge on any atom is 0.222 e. The maximum atomic E-state index is 6.04. The number of piperidine rings is 1. The Balaban J connectivity index is 2.16. The van der Waals surface area contributed by atoms with E-state index in [-0.39, 0.29) is 5.95 Å². The minimum absolute atomic E-state index is 0.231. The molecule has 0 spiro atoms. The maximum absolute atomic E-state index is 6.04. The fraction of sp³-hybridized carbons (Fsp3) is 0.636. The summed E-state index contributed by atoms with van der Waals surface area (Å²) in [5.74, 6) is 0.814. The fourth-order valence-electron chi connectivity index (χ4n) is 2.22. The third-order valence-corrected chi connectivity index (χ3v) is 3.47. The second-order valence-corrected chi connectivity index (χ2v) is 4.98. The van der Waals surface area contributed by atoms with Gasteiger partial charge in [-0.05, 0) is 26.7 Å². The van der Waals surface area contributed by atoms with E-state index < -0.39 is 0 Å². The predicted octanol–water partition coefficient (Wildman–Crippen LogP) is 2.30. The summed E-state index contributed by atoms with van der Waals surface area (Å²) < 4.78 is 0. The van der Waals surface area contributed by atoms with E-state index in [1.165, 1.54) is 25.5 Å². The van der Waals surface area contributed by atoms with Crippen LogP contribution in [0.25, 0.3) is 0 Å². The number of halogens is 1. The van der Waals surface area contributed by atoms with E-state index in [0.29, 0.717) is 22.9 Å². The van der Waals surface area contributed by atoms with Gasteiger partial charge in [-0.15, -0.1) is 0 Å². The molecule has 17 heavy (non-hydrogen) atoms. The van der Waals surface area contributed by atoms with Crippen molar-refractivity contribution in [1.82, 2.24) is 15.0 Å². The standard InChI is InChI=1S/C11H18ClN5/c1-7-4-3-5-8(2)17(7)16-10-9(12)6-14-11(13)15-10/h6-8H,3-5H2,1-2H3,(H3,13,14,15,16). The first-order valence-electron chi connectivity index (χ1n) is 5.91. The molecule has 3 N–H and O–H groups in total. The molecule has 0 aliphatic carbocycles. The largest absolute Gasteiger partial charge is 0.368 e. The Bertz CT molecular complexity index is 387. The van der Waals surface area contributed by atoms with Crippen molar-refractivity contribution in [2.45, 2.75) is 45.2 Å². The molecular formula is C11H18ClN5. The van der Waals surface area contributed by atoms with E-state index in [1.54, 1.807) is 0 Å². The van der Waals surface area contributed by atoms with Crippen LogP contribution in [-0.2, 0) is 0 Å². The van der Waals surface area contributed by atoms with Gasteiger partial charge in [0.05, 0.1) is 6.20 Å². The topological polar surface area (TPSA) is 67.1 Å². The van der Waals surface area contributed by atoms with E-state index in [9.17, 15) is 0 Å². The molecule has 2 rings (SSSR count). The second kappa shape index (κ2) is 5.06. The molecule has 2 unspecified atom stereocenters. The van der Waals surface area contributed by atoms with Crippen LogP contribution in [0.2, 0.25) is 5.02 Å². The minimum Gasteiger partial charge on any atom is -0.368 e. The van der Waals surface area contributed by atoms with Crippen molar-refractivity contribution >= 4 is 23.4 Å². The Kier molecular flexibility index (Phi) is 3.69. The van der Waals surface area contributed by atoms with Gasteiger partial charge < -0.3 is 11.2 Å². The molecule has 2 atom stereocenters. The zero-order valence-electron chi connectivity index (χ0n) is 10.2. The number of aromatic nitrogens is 2. The summed E-state index contributed by atoms with van der Waals surface area (Å²) in [6, 6.07) is 0.928. The van der Waals surface area contributed by atoms with Crippen LogP contribution in [0.3, 0.4) is 0 Å². The van der Waals surface area contributed by atoms with Gasteiger partial charge in [0.2, 0.25) is 5.95 Å². The summed E-state index contributed by atoms with van der Waals surface area (Å²) >= 11 is 6.04. The first-order valence-corrected chi connectivity index (χ1v) is 6.28. The molecule has 0 aromatic carbocycles. The van der Waals surface area contributed by atoms with Gasteiger partial charge in [0.1, 0.15) is 5.02 Å². The Morgan fingerprint density at radius 1 is 1.41 bits per heavy atom. The third-order valence-electron chi connectivity index (χ3n) is 3.19. The van der Waals surface area contributed by atoms with E-state index in [2.05, 4.69) is 34.3 Å². The zero-order chi connectivity index (χ0) is 12.4. The Hall–Kier alpha value is -1.07. The second-order valence-electron chi connectivity index (χ2n) is 4.57. The van der Waals surface area contributed by atoms with Gasteiger partial charge in [-0.25, -0.2) is 9.99 Å². The number of nitrogen functional groups attached to an aromatic ring is 1. The minimum atomic E-state index is 0.231. The van der Waals surface area contributed by atoms with Gasteiger partial charge in [0.15, 0.2) is 5.82 Å². The van der Waals surface area contributed by atoms with Crippen molar-refractivity contribution in [3.63, 3.8) is 0 Å². The summed E-state index contributed by atoms with van der Waals surface area (Å²) in [6.07, 6.45) is 5.14. The normalized spacial score (nSPS) is 25.8. The smallest absolute Gasteiger partial charge is 0.222 e. The molecule has 1 aromatic heterocycles. The number of hydrazine groups is 1. The van der Waals surface area contributed by atoms with Crippen LogP contribution in [0, 0.1) is 0 Å². The van der Waals surface area contributed by atoms with Crippen molar-refractivity contribution in [2.24, 2.45) is 0 Å². The first-order chi connectivity index (χ1) is 8.08. The van der Waals surface area contributed by atoms with Crippen LogP contribution in [0.15, 0.2) is 6.20 Å². The highest BCUT2D eigenvalue weighted by molar-refractivity contribution is 6.32. The van der Waals surface area contributed by atoms with Crippen molar-refractivity contribution < 1.29 is 0 Å². The number of hydrogen-bond acceptors (Lipinski definition) is 5. The molecule has 1 aliphatic heterocycles. The number of rotatable bonds is 2.